The molecule has 64 heavy (non-hydrogen) atoms. The molecule has 0 fully saturated rings. The Hall–Kier alpha value is -7.98. The van der Waals surface area contributed by atoms with Gasteiger partial charge < -0.3 is 9.47 Å². The lowest BCUT2D eigenvalue weighted by molar-refractivity contribution is 0.793. The van der Waals surface area contributed by atoms with Crippen LogP contribution in [-0.4, -0.2) is 4.57 Å². The first kappa shape index (κ1) is 35.6. The average molecular weight is 831 g/mol. The van der Waals surface area contributed by atoms with Gasteiger partial charge in [-0.1, -0.05) is 152 Å². The van der Waals surface area contributed by atoms with Crippen LogP contribution in [-0.2, 0) is 5.41 Å². The molecule has 3 heteroatoms. The first-order chi connectivity index (χ1) is 31.7. The third-order valence-corrected chi connectivity index (χ3v) is 15.2. The van der Waals surface area contributed by atoms with Crippen LogP contribution in [0.25, 0.3) is 81.0 Å². The van der Waals surface area contributed by atoms with E-state index < -0.39 is 5.41 Å². The smallest absolute Gasteiger partial charge is 0.0726 e. The van der Waals surface area contributed by atoms with Gasteiger partial charge in [-0.2, -0.15) is 0 Å². The van der Waals surface area contributed by atoms with E-state index in [4.69, 9.17) is 0 Å². The minimum absolute atomic E-state index is 0.430. The zero-order valence-electron chi connectivity index (χ0n) is 34.7. The lowest BCUT2D eigenvalue weighted by atomic mass is 9.70. The summed E-state index contributed by atoms with van der Waals surface area (Å²) in [5, 5.41) is 5.09. The minimum atomic E-state index is -0.430. The molecule has 2 aromatic heterocycles. The second-order valence-electron chi connectivity index (χ2n) is 17.2. The van der Waals surface area contributed by atoms with Gasteiger partial charge >= 0.3 is 0 Å². The third kappa shape index (κ3) is 4.90. The molecule has 2 aliphatic rings. The normalized spacial score (nSPS) is 13.1. The van der Waals surface area contributed by atoms with Gasteiger partial charge in [0, 0.05) is 53.7 Å². The molecule has 0 aliphatic heterocycles. The number of nitrogens with zero attached hydrogens (tertiary/aromatic N) is 2. The maximum absolute atomic E-state index is 2.49. The van der Waals surface area contributed by atoms with E-state index in [2.05, 4.69) is 240 Å². The van der Waals surface area contributed by atoms with Crippen molar-refractivity contribution in [2.24, 2.45) is 0 Å². The zero-order chi connectivity index (χ0) is 41.9. The van der Waals surface area contributed by atoms with Gasteiger partial charge in [-0.05, 0) is 134 Å². The Morgan fingerprint density at radius 1 is 0.328 bits per heavy atom. The summed E-state index contributed by atoms with van der Waals surface area (Å²) >= 11 is 1.86. The maximum Gasteiger partial charge on any atom is 0.0726 e. The van der Waals surface area contributed by atoms with Crippen molar-refractivity contribution in [1.82, 2.24) is 4.57 Å². The number of anilines is 3. The molecule has 0 amide bonds. The quantitative estimate of drug-likeness (QED) is 0.168. The summed E-state index contributed by atoms with van der Waals surface area (Å²) in [6.45, 7) is 0. The first-order valence-corrected chi connectivity index (χ1v) is 22.9. The van der Waals surface area contributed by atoms with Gasteiger partial charge in [0.15, 0.2) is 0 Å². The summed E-state index contributed by atoms with van der Waals surface area (Å²) in [6, 6.07) is 85.8. The molecule has 0 saturated heterocycles. The monoisotopic (exact) mass is 830 g/mol. The molecule has 10 aromatic carbocycles. The average Bonchev–Trinajstić information content (AvgIpc) is 4.08. The van der Waals surface area contributed by atoms with E-state index in [1.807, 2.05) is 11.3 Å². The van der Waals surface area contributed by atoms with Crippen molar-refractivity contribution in [3.63, 3.8) is 0 Å². The molecule has 0 N–H and O–H groups in total. The molecule has 298 valence electrons. The van der Waals surface area contributed by atoms with Crippen molar-refractivity contribution < 1.29 is 0 Å². The van der Waals surface area contributed by atoms with Crippen molar-refractivity contribution >= 4 is 70.4 Å². The molecular formula is C61H38N2S. The van der Waals surface area contributed by atoms with Crippen molar-refractivity contribution in [1.29, 1.82) is 0 Å². The van der Waals surface area contributed by atoms with E-state index in [0.717, 1.165) is 17.1 Å². The van der Waals surface area contributed by atoms with Crippen LogP contribution in [0.3, 0.4) is 0 Å². The number of hydrogen-bond acceptors (Lipinski definition) is 2. The number of benzene rings is 10. The molecule has 2 nitrogen and oxygen atoms in total. The fraction of sp³-hybridized carbons (Fsp3) is 0.0164. The predicted octanol–water partition coefficient (Wildman–Crippen LogP) is 16.6. The van der Waals surface area contributed by atoms with Crippen molar-refractivity contribution in [3.8, 4) is 39.1 Å². The Morgan fingerprint density at radius 2 is 0.859 bits per heavy atom. The predicted molar refractivity (Wildman–Crippen MR) is 270 cm³/mol. The van der Waals surface area contributed by atoms with Crippen LogP contribution in [0.2, 0.25) is 0 Å². The van der Waals surface area contributed by atoms with E-state index in [0.29, 0.717) is 0 Å². The van der Waals surface area contributed by atoms with Crippen LogP contribution < -0.4 is 4.90 Å². The van der Waals surface area contributed by atoms with Crippen LogP contribution >= 0.6 is 11.3 Å². The topological polar surface area (TPSA) is 8.17 Å². The highest BCUT2D eigenvalue weighted by Gasteiger charge is 2.51. The molecule has 0 bridgehead atoms. The fourth-order valence-corrected chi connectivity index (χ4v) is 12.4. The summed E-state index contributed by atoms with van der Waals surface area (Å²) in [4.78, 5) is 2.47. The second-order valence-corrected chi connectivity index (χ2v) is 18.3. The zero-order valence-corrected chi connectivity index (χ0v) is 35.6. The summed E-state index contributed by atoms with van der Waals surface area (Å²) in [5.41, 5.74) is 19.5. The molecule has 0 radical (unpaired) electrons. The SMILES string of the molecule is c1ccc(-n2c3ccccc3c3cc(-c4ccc(N(c5ccc6c(c5)C5(c7ccccc7-c7ccccc75)c5ccccc5-6)c5ccc6sc7ccccc7c6c5)cc4)ccc32)cc1. The van der Waals surface area contributed by atoms with Gasteiger partial charge in [0.25, 0.3) is 0 Å². The van der Waals surface area contributed by atoms with Crippen LogP contribution in [0.15, 0.2) is 231 Å². The second kappa shape index (κ2) is 13.5. The maximum atomic E-state index is 2.49. The van der Waals surface area contributed by atoms with E-state index in [9.17, 15) is 0 Å². The van der Waals surface area contributed by atoms with Gasteiger partial charge in [0.1, 0.15) is 0 Å². The Morgan fingerprint density at radius 3 is 1.59 bits per heavy atom. The molecule has 0 atom stereocenters. The Bertz CT molecular complexity index is 3790. The molecule has 14 rings (SSSR count). The highest BCUT2D eigenvalue weighted by atomic mass is 32.1. The van der Waals surface area contributed by atoms with Crippen LogP contribution in [0.5, 0.6) is 0 Å². The van der Waals surface area contributed by atoms with Gasteiger partial charge in [0.05, 0.1) is 16.4 Å². The number of fused-ring (bicyclic) bond motifs is 16. The van der Waals surface area contributed by atoms with Crippen molar-refractivity contribution in [3.05, 3.63) is 253 Å². The van der Waals surface area contributed by atoms with Gasteiger partial charge in [-0.3, -0.25) is 0 Å². The summed E-state index contributed by atoms with van der Waals surface area (Å²) < 4.78 is 4.99. The number of rotatable bonds is 5. The highest BCUT2D eigenvalue weighted by Crippen LogP contribution is 2.63. The Balaban J connectivity index is 0.956. The highest BCUT2D eigenvalue weighted by molar-refractivity contribution is 7.25. The molecule has 0 unspecified atom stereocenters. The Kier molecular flexibility index (Phi) is 7.51. The van der Waals surface area contributed by atoms with E-state index in [1.54, 1.807) is 0 Å². The van der Waals surface area contributed by atoms with Crippen molar-refractivity contribution in [2.75, 3.05) is 4.90 Å². The van der Waals surface area contributed by atoms with Gasteiger partial charge in [0.2, 0.25) is 0 Å². The largest absolute Gasteiger partial charge is 0.310 e. The lowest BCUT2D eigenvalue weighted by Crippen LogP contribution is -2.26. The van der Waals surface area contributed by atoms with Gasteiger partial charge in [-0.15, -0.1) is 11.3 Å². The first-order valence-electron chi connectivity index (χ1n) is 22.1. The molecule has 2 heterocycles. The van der Waals surface area contributed by atoms with Crippen LogP contribution in [0.4, 0.5) is 17.1 Å². The van der Waals surface area contributed by atoms with Gasteiger partial charge in [-0.25, -0.2) is 0 Å². The summed E-state index contributed by atoms with van der Waals surface area (Å²) in [5.74, 6) is 0. The van der Waals surface area contributed by atoms with Crippen molar-refractivity contribution in [2.45, 2.75) is 5.41 Å². The van der Waals surface area contributed by atoms with Crippen LogP contribution in [0.1, 0.15) is 22.3 Å². The summed E-state index contributed by atoms with van der Waals surface area (Å²) in [6.07, 6.45) is 0. The van der Waals surface area contributed by atoms with E-state index in [1.165, 1.54) is 103 Å². The standard InChI is InChI=1S/C61H38N2S/c1-2-14-41(15-3-1)63-57-24-12-7-19-49(57)51-36-40(28-34-58(51)63)39-26-29-42(30-27-39)62(43-32-35-60-52(37-43)50-20-8-13-25-59(50)64-60)44-31-33-48-47-18-6-11-23-55(47)61(56(48)38-44)53-21-9-4-16-45(53)46-17-5-10-22-54(46)61/h1-38H. The molecule has 0 saturated carbocycles. The summed E-state index contributed by atoms with van der Waals surface area (Å²) in [7, 11) is 0. The Labute approximate surface area is 375 Å². The minimum Gasteiger partial charge on any atom is -0.310 e. The lowest BCUT2D eigenvalue weighted by Gasteiger charge is -2.32. The molecule has 2 aliphatic carbocycles. The number of hydrogen-bond donors (Lipinski definition) is 0. The number of aromatic nitrogens is 1. The van der Waals surface area contributed by atoms with E-state index in [-0.39, 0.29) is 0 Å². The number of thiophene rings is 1. The fourth-order valence-electron chi connectivity index (χ4n) is 11.3. The number of para-hydroxylation sites is 2. The third-order valence-electron chi connectivity index (χ3n) is 14.0. The van der Waals surface area contributed by atoms with E-state index >= 15 is 0 Å². The molecular weight excluding hydrogens is 793 g/mol. The molecule has 1 spiro atoms. The van der Waals surface area contributed by atoms with Crippen LogP contribution in [0, 0.1) is 0 Å². The molecule has 12 aromatic rings.